The molecule has 0 bridgehead atoms. The topological polar surface area (TPSA) is 63.7 Å². The van der Waals surface area contributed by atoms with Crippen molar-refractivity contribution >= 4 is 17.4 Å². The number of hydrogen-bond donors (Lipinski definition) is 1. The molecule has 0 atom stereocenters. The number of rotatable bonds is 6. The first-order valence-electron chi connectivity index (χ1n) is 9.65. The van der Waals surface area contributed by atoms with Crippen molar-refractivity contribution in [2.24, 2.45) is 0 Å². The molecule has 6 heteroatoms. The van der Waals surface area contributed by atoms with E-state index in [1.807, 2.05) is 54.6 Å². The molecule has 0 saturated carbocycles. The lowest BCUT2D eigenvalue weighted by atomic mass is 10.1. The minimum atomic E-state index is -0.165. The van der Waals surface area contributed by atoms with Gasteiger partial charge in [0.15, 0.2) is 0 Å². The van der Waals surface area contributed by atoms with Gasteiger partial charge in [-0.2, -0.15) is 0 Å². The molecule has 29 heavy (non-hydrogen) atoms. The average Bonchev–Trinajstić information content (AvgIpc) is 2.80. The lowest BCUT2D eigenvalue weighted by Crippen LogP contribution is -2.36. The zero-order valence-corrected chi connectivity index (χ0v) is 16.1. The predicted molar refractivity (Wildman–Crippen MR) is 112 cm³/mol. The molecule has 6 nitrogen and oxygen atoms in total. The lowest BCUT2D eigenvalue weighted by Gasteiger charge is -2.27. The monoisotopic (exact) mass is 389 g/mol. The number of hydrogen-bond acceptors (Lipinski definition) is 5. The van der Waals surface area contributed by atoms with Crippen molar-refractivity contribution in [1.29, 1.82) is 0 Å². The molecule has 2 aromatic carbocycles. The van der Waals surface area contributed by atoms with Gasteiger partial charge in [0.05, 0.1) is 25.1 Å². The van der Waals surface area contributed by atoms with Crippen molar-refractivity contribution in [3.8, 4) is 5.75 Å². The number of pyridine rings is 1. The largest absolute Gasteiger partial charge is 0.489 e. The molecular weight excluding hydrogens is 366 g/mol. The third kappa shape index (κ3) is 5.12. The van der Waals surface area contributed by atoms with E-state index < -0.39 is 0 Å². The lowest BCUT2D eigenvalue weighted by molar-refractivity contribution is 0.102. The first-order valence-corrected chi connectivity index (χ1v) is 9.65. The summed E-state index contributed by atoms with van der Waals surface area (Å²) in [6.07, 6.45) is 1.69. The summed E-state index contributed by atoms with van der Waals surface area (Å²) in [5, 5.41) is 2.89. The van der Waals surface area contributed by atoms with Crippen LogP contribution in [0.2, 0.25) is 0 Å². The Hall–Kier alpha value is -3.38. The molecule has 1 aliphatic rings. The highest BCUT2D eigenvalue weighted by molar-refractivity contribution is 6.04. The fourth-order valence-electron chi connectivity index (χ4n) is 3.08. The number of morpholine rings is 1. The quantitative estimate of drug-likeness (QED) is 0.696. The number of carbonyl (C=O) groups excluding carboxylic acids is 1. The van der Waals surface area contributed by atoms with Crippen molar-refractivity contribution in [3.05, 3.63) is 84.1 Å². The average molecular weight is 389 g/mol. The summed E-state index contributed by atoms with van der Waals surface area (Å²) in [4.78, 5) is 19.1. The number of ether oxygens (including phenoxy) is 2. The second kappa shape index (κ2) is 9.21. The molecule has 1 saturated heterocycles. The van der Waals surface area contributed by atoms with Crippen LogP contribution in [0.5, 0.6) is 5.75 Å². The number of nitrogens with zero attached hydrogens (tertiary/aromatic N) is 2. The maximum Gasteiger partial charge on any atom is 0.255 e. The maximum atomic E-state index is 12.5. The van der Waals surface area contributed by atoms with Crippen LogP contribution >= 0.6 is 0 Å². The molecule has 0 radical (unpaired) electrons. The Kier molecular flexibility index (Phi) is 6.02. The van der Waals surface area contributed by atoms with Crippen LogP contribution in [0.3, 0.4) is 0 Å². The summed E-state index contributed by atoms with van der Waals surface area (Å²) >= 11 is 0. The molecule has 2 heterocycles. The zero-order chi connectivity index (χ0) is 19.9. The Morgan fingerprint density at radius 3 is 2.45 bits per heavy atom. The van der Waals surface area contributed by atoms with Gasteiger partial charge in [-0.3, -0.25) is 4.79 Å². The predicted octanol–water partition coefficient (Wildman–Crippen LogP) is 3.75. The molecule has 1 N–H and O–H groups in total. The molecular formula is C23H23N3O3. The molecule has 0 unspecified atom stereocenters. The second-order valence-electron chi connectivity index (χ2n) is 6.76. The van der Waals surface area contributed by atoms with E-state index in [0.29, 0.717) is 31.1 Å². The standard InChI is InChI=1S/C23H23N3O3/c27-23(25-20-10-11-22(24-16-20)26-12-14-28-15-13-26)19-8-6-18(7-9-19)17-29-21-4-2-1-3-5-21/h1-11,16H,12-15,17H2,(H,25,27). The highest BCUT2D eigenvalue weighted by Crippen LogP contribution is 2.17. The summed E-state index contributed by atoms with van der Waals surface area (Å²) in [5.74, 6) is 1.55. The van der Waals surface area contributed by atoms with Gasteiger partial charge in [-0.05, 0) is 42.0 Å². The first kappa shape index (κ1) is 19.0. The molecule has 4 rings (SSSR count). The van der Waals surface area contributed by atoms with Gasteiger partial charge in [0.2, 0.25) is 0 Å². The van der Waals surface area contributed by atoms with Gasteiger partial charge >= 0.3 is 0 Å². The van der Waals surface area contributed by atoms with E-state index in [1.54, 1.807) is 18.3 Å². The maximum absolute atomic E-state index is 12.5. The van der Waals surface area contributed by atoms with E-state index in [-0.39, 0.29) is 5.91 Å². The van der Waals surface area contributed by atoms with Gasteiger partial charge in [-0.15, -0.1) is 0 Å². The van der Waals surface area contributed by atoms with Crippen molar-refractivity contribution in [1.82, 2.24) is 4.98 Å². The van der Waals surface area contributed by atoms with Gasteiger partial charge in [-0.25, -0.2) is 4.98 Å². The van der Waals surface area contributed by atoms with E-state index >= 15 is 0 Å². The van der Waals surface area contributed by atoms with Crippen LogP contribution in [0, 0.1) is 0 Å². The van der Waals surface area contributed by atoms with Crippen LogP contribution in [-0.4, -0.2) is 37.2 Å². The molecule has 3 aromatic rings. The molecule has 1 aliphatic heterocycles. The Morgan fingerprint density at radius 2 is 1.76 bits per heavy atom. The van der Waals surface area contributed by atoms with Crippen LogP contribution in [0.1, 0.15) is 15.9 Å². The Labute approximate surface area is 170 Å². The number of aromatic nitrogens is 1. The Balaban J connectivity index is 1.32. The minimum absolute atomic E-state index is 0.165. The highest BCUT2D eigenvalue weighted by atomic mass is 16.5. The van der Waals surface area contributed by atoms with Gasteiger partial charge in [0, 0.05) is 18.7 Å². The van der Waals surface area contributed by atoms with Crippen molar-refractivity contribution < 1.29 is 14.3 Å². The van der Waals surface area contributed by atoms with Crippen LogP contribution in [0.25, 0.3) is 0 Å². The second-order valence-corrected chi connectivity index (χ2v) is 6.76. The number of carbonyl (C=O) groups is 1. The third-order valence-corrected chi connectivity index (χ3v) is 4.71. The molecule has 0 aliphatic carbocycles. The van der Waals surface area contributed by atoms with E-state index in [1.165, 1.54) is 0 Å². The summed E-state index contributed by atoms with van der Waals surface area (Å²) in [6.45, 7) is 3.55. The molecule has 148 valence electrons. The molecule has 0 spiro atoms. The first-order chi connectivity index (χ1) is 14.3. The minimum Gasteiger partial charge on any atom is -0.489 e. The van der Waals surface area contributed by atoms with Crippen molar-refractivity contribution in [2.45, 2.75) is 6.61 Å². The van der Waals surface area contributed by atoms with E-state index in [9.17, 15) is 4.79 Å². The fraction of sp³-hybridized carbons (Fsp3) is 0.217. The fourth-order valence-corrected chi connectivity index (χ4v) is 3.08. The van der Waals surface area contributed by atoms with Crippen LogP contribution < -0.4 is 15.0 Å². The summed E-state index contributed by atoms with van der Waals surface area (Å²) < 4.78 is 11.1. The van der Waals surface area contributed by atoms with Crippen molar-refractivity contribution in [3.63, 3.8) is 0 Å². The zero-order valence-electron chi connectivity index (χ0n) is 16.1. The normalized spacial score (nSPS) is 13.7. The number of amides is 1. The summed E-state index contributed by atoms with van der Waals surface area (Å²) in [6, 6.07) is 20.9. The van der Waals surface area contributed by atoms with E-state index in [2.05, 4.69) is 15.2 Å². The van der Waals surface area contributed by atoms with Gasteiger partial charge in [0.25, 0.3) is 5.91 Å². The summed E-state index contributed by atoms with van der Waals surface area (Å²) in [7, 11) is 0. The smallest absolute Gasteiger partial charge is 0.255 e. The SMILES string of the molecule is O=C(Nc1ccc(N2CCOCC2)nc1)c1ccc(COc2ccccc2)cc1. The molecule has 1 amide bonds. The number of para-hydroxylation sites is 1. The van der Waals surface area contributed by atoms with Crippen LogP contribution in [-0.2, 0) is 11.3 Å². The van der Waals surface area contributed by atoms with Gasteiger partial charge in [0.1, 0.15) is 18.2 Å². The number of benzene rings is 2. The Morgan fingerprint density at radius 1 is 1.00 bits per heavy atom. The third-order valence-electron chi connectivity index (χ3n) is 4.71. The van der Waals surface area contributed by atoms with Crippen LogP contribution in [0.4, 0.5) is 11.5 Å². The Bertz CT molecular complexity index is 922. The van der Waals surface area contributed by atoms with Gasteiger partial charge in [-0.1, -0.05) is 30.3 Å². The van der Waals surface area contributed by atoms with Gasteiger partial charge < -0.3 is 19.7 Å². The van der Waals surface area contributed by atoms with Crippen molar-refractivity contribution in [2.75, 3.05) is 36.5 Å². The van der Waals surface area contributed by atoms with Crippen LogP contribution in [0.15, 0.2) is 72.9 Å². The van der Waals surface area contributed by atoms with E-state index in [0.717, 1.165) is 30.2 Å². The number of nitrogens with one attached hydrogen (secondary N) is 1. The number of anilines is 2. The molecule has 1 aromatic heterocycles. The van der Waals surface area contributed by atoms with E-state index in [4.69, 9.17) is 9.47 Å². The molecule has 1 fully saturated rings. The highest BCUT2D eigenvalue weighted by Gasteiger charge is 2.12. The summed E-state index contributed by atoms with van der Waals surface area (Å²) in [5.41, 5.74) is 2.26.